The van der Waals surface area contributed by atoms with Crippen molar-refractivity contribution in [3.8, 4) is 0 Å². The molecule has 0 aliphatic heterocycles. The Bertz CT molecular complexity index is 1260. The van der Waals surface area contributed by atoms with Gasteiger partial charge in [-0.1, -0.05) is 23.9 Å². The number of thioether (sulfide) groups is 1. The number of halogens is 1. The van der Waals surface area contributed by atoms with Crippen LogP contribution < -0.4 is 10.6 Å². The summed E-state index contributed by atoms with van der Waals surface area (Å²) in [7, 11) is 0. The van der Waals surface area contributed by atoms with Gasteiger partial charge in [0.2, 0.25) is 5.91 Å². The Morgan fingerprint density at radius 1 is 1.00 bits per heavy atom. The zero-order chi connectivity index (χ0) is 21.8. The maximum Gasteiger partial charge on any atom is 0.257 e. The SMILES string of the molecule is Cc1cccc(NC(=O)c2ccc3nnc(SCC(=O)Nc4ccc(F)cc4)n3c2)c1. The molecule has 0 spiro atoms. The number of hydrogen-bond acceptors (Lipinski definition) is 5. The maximum atomic E-state index is 13.0. The van der Waals surface area contributed by atoms with E-state index >= 15 is 0 Å². The number of aromatic nitrogens is 3. The second-order valence-electron chi connectivity index (χ2n) is 6.80. The van der Waals surface area contributed by atoms with Crippen LogP contribution >= 0.6 is 11.8 Å². The van der Waals surface area contributed by atoms with Gasteiger partial charge in [0.05, 0.1) is 11.3 Å². The molecule has 0 saturated heterocycles. The van der Waals surface area contributed by atoms with Gasteiger partial charge < -0.3 is 10.6 Å². The molecule has 7 nitrogen and oxygen atoms in total. The fourth-order valence-corrected chi connectivity index (χ4v) is 3.61. The fraction of sp³-hybridized carbons (Fsp3) is 0.0909. The molecule has 0 atom stereocenters. The number of nitrogens with zero attached hydrogens (tertiary/aromatic N) is 3. The van der Waals surface area contributed by atoms with Crippen molar-refractivity contribution in [3.63, 3.8) is 0 Å². The Labute approximate surface area is 181 Å². The molecule has 2 aromatic heterocycles. The van der Waals surface area contributed by atoms with E-state index in [1.807, 2.05) is 31.2 Å². The number of benzene rings is 2. The van der Waals surface area contributed by atoms with Gasteiger partial charge >= 0.3 is 0 Å². The molecule has 31 heavy (non-hydrogen) atoms. The summed E-state index contributed by atoms with van der Waals surface area (Å²) in [4.78, 5) is 24.8. The fourth-order valence-electron chi connectivity index (χ4n) is 2.89. The number of carbonyl (C=O) groups excluding carboxylic acids is 2. The molecule has 0 unspecified atom stereocenters. The van der Waals surface area contributed by atoms with Crippen LogP contribution in [-0.2, 0) is 4.79 Å². The molecular weight excluding hydrogens is 417 g/mol. The van der Waals surface area contributed by atoms with Gasteiger partial charge in [-0.2, -0.15) is 0 Å². The number of pyridine rings is 1. The lowest BCUT2D eigenvalue weighted by Crippen LogP contribution is -2.14. The summed E-state index contributed by atoms with van der Waals surface area (Å²) in [6, 6.07) is 16.4. The number of nitrogens with one attached hydrogen (secondary N) is 2. The number of aryl methyl sites for hydroxylation is 1. The quantitative estimate of drug-likeness (QED) is 0.444. The van der Waals surface area contributed by atoms with Gasteiger partial charge in [-0.3, -0.25) is 14.0 Å². The van der Waals surface area contributed by atoms with Crippen molar-refractivity contribution < 1.29 is 14.0 Å². The van der Waals surface area contributed by atoms with Gasteiger partial charge in [0, 0.05) is 17.6 Å². The summed E-state index contributed by atoms with van der Waals surface area (Å²) >= 11 is 1.18. The second-order valence-corrected chi connectivity index (χ2v) is 7.74. The average molecular weight is 435 g/mol. The molecule has 0 aliphatic rings. The number of amides is 2. The molecule has 0 aliphatic carbocycles. The number of rotatable bonds is 6. The van der Waals surface area contributed by atoms with Crippen molar-refractivity contribution in [2.75, 3.05) is 16.4 Å². The van der Waals surface area contributed by atoms with Gasteiger partial charge in [0.25, 0.3) is 5.91 Å². The van der Waals surface area contributed by atoms with Gasteiger partial charge in [0.1, 0.15) is 5.82 Å². The molecule has 4 rings (SSSR count). The third-order valence-corrected chi connectivity index (χ3v) is 5.31. The van der Waals surface area contributed by atoms with E-state index in [0.717, 1.165) is 5.56 Å². The molecule has 9 heteroatoms. The highest BCUT2D eigenvalue weighted by Gasteiger charge is 2.13. The average Bonchev–Trinajstić information content (AvgIpc) is 3.16. The molecular formula is C22H18FN5O2S. The number of fused-ring (bicyclic) bond motifs is 1. The molecule has 0 saturated carbocycles. The van der Waals surface area contributed by atoms with E-state index in [4.69, 9.17) is 0 Å². The first-order valence-electron chi connectivity index (χ1n) is 9.39. The molecule has 2 amide bonds. The summed E-state index contributed by atoms with van der Waals surface area (Å²) in [5, 5.41) is 14.2. The van der Waals surface area contributed by atoms with Crippen LogP contribution in [0.2, 0.25) is 0 Å². The van der Waals surface area contributed by atoms with Gasteiger partial charge in [-0.25, -0.2) is 4.39 Å². The highest BCUT2D eigenvalue weighted by atomic mass is 32.2. The molecule has 0 fully saturated rings. The summed E-state index contributed by atoms with van der Waals surface area (Å²) in [5.74, 6) is -0.810. The Hall–Kier alpha value is -3.72. The lowest BCUT2D eigenvalue weighted by Gasteiger charge is -2.07. The van der Waals surface area contributed by atoms with Crippen LogP contribution in [0.5, 0.6) is 0 Å². The zero-order valence-corrected chi connectivity index (χ0v) is 17.3. The van der Waals surface area contributed by atoms with E-state index in [-0.39, 0.29) is 23.4 Å². The van der Waals surface area contributed by atoms with Crippen LogP contribution in [0.3, 0.4) is 0 Å². The minimum Gasteiger partial charge on any atom is -0.325 e. The van der Waals surface area contributed by atoms with Crippen LogP contribution in [0.1, 0.15) is 15.9 Å². The summed E-state index contributed by atoms with van der Waals surface area (Å²) in [5.41, 5.74) is 3.26. The molecule has 2 aromatic carbocycles. The lowest BCUT2D eigenvalue weighted by atomic mass is 10.2. The van der Waals surface area contributed by atoms with Crippen molar-refractivity contribution in [2.45, 2.75) is 12.1 Å². The van der Waals surface area contributed by atoms with E-state index in [9.17, 15) is 14.0 Å². The third kappa shape index (κ3) is 5.07. The summed E-state index contributed by atoms with van der Waals surface area (Å²) in [6.45, 7) is 1.95. The Balaban J connectivity index is 1.44. The van der Waals surface area contributed by atoms with E-state index in [2.05, 4.69) is 20.8 Å². The smallest absolute Gasteiger partial charge is 0.257 e. The first kappa shape index (κ1) is 20.5. The first-order valence-corrected chi connectivity index (χ1v) is 10.4. The zero-order valence-electron chi connectivity index (χ0n) is 16.5. The molecule has 2 N–H and O–H groups in total. The summed E-state index contributed by atoms with van der Waals surface area (Å²) in [6.07, 6.45) is 1.64. The largest absolute Gasteiger partial charge is 0.325 e. The molecule has 0 bridgehead atoms. The Morgan fingerprint density at radius 3 is 2.58 bits per heavy atom. The van der Waals surface area contributed by atoms with E-state index in [1.165, 1.54) is 36.0 Å². The topological polar surface area (TPSA) is 88.4 Å². The van der Waals surface area contributed by atoms with E-state index in [1.54, 1.807) is 22.7 Å². The van der Waals surface area contributed by atoms with Crippen molar-refractivity contribution in [3.05, 3.63) is 83.8 Å². The van der Waals surface area contributed by atoms with Crippen LogP contribution in [0, 0.1) is 12.7 Å². The van der Waals surface area contributed by atoms with Crippen molar-refractivity contribution in [2.24, 2.45) is 0 Å². The number of hydrogen-bond donors (Lipinski definition) is 2. The van der Waals surface area contributed by atoms with Gasteiger partial charge in [-0.05, 0) is 61.0 Å². The maximum absolute atomic E-state index is 13.0. The van der Waals surface area contributed by atoms with Gasteiger partial charge in [0.15, 0.2) is 10.8 Å². The van der Waals surface area contributed by atoms with Crippen LogP contribution in [0.15, 0.2) is 72.0 Å². The minimum absolute atomic E-state index is 0.0812. The standard InChI is InChI=1S/C22H18FN5O2S/c1-14-3-2-4-18(11-14)25-21(30)15-5-10-19-26-27-22(28(19)12-15)31-13-20(29)24-17-8-6-16(23)7-9-17/h2-12H,13H2,1H3,(H,24,29)(H,25,30). The Kier molecular flexibility index (Phi) is 5.94. The minimum atomic E-state index is -0.371. The monoisotopic (exact) mass is 435 g/mol. The van der Waals surface area contributed by atoms with Crippen molar-refractivity contribution in [1.82, 2.24) is 14.6 Å². The van der Waals surface area contributed by atoms with Crippen LogP contribution in [0.25, 0.3) is 5.65 Å². The number of carbonyl (C=O) groups is 2. The predicted molar refractivity (Wildman–Crippen MR) is 118 cm³/mol. The third-order valence-electron chi connectivity index (χ3n) is 4.37. The lowest BCUT2D eigenvalue weighted by molar-refractivity contribution is -0.113. The molecule has 0 radical (unpaired) electrons. The highest BCUT2D eigenvalue weighted by Crippen LogP contribution is 2.19. The van der Waals surface area contributed by atoms with E-state index in [0.29, 0.717) is 27.7 Å². The number of anilines is 2. The van der Waals surface area contributed by atoms with Crippen LogP contribution in [-0.4, -0.2) is 32.2 Å². The second kappa shape index (κ2) is 8.97. The summed E-state index contributed by atoms with van der Waals surface area (Å²) < 4.78 is 14.6. The van der Waals surface area contributed by atoms with Crippen LogP contribution in [0.4, 0.5) is 15.8 Å². The highest BCUT2D eigenvalue weighted by molar-refractivity contribution is 7.99. The first-order chi connectivity index (χ1) is 15.0. The normalized spacial score (nSPS) is 10.8. The van der Waals surface area contributed by atoms with E-state index < -0.39 is 0 Å². The van der Waals surface area contributed by atoms with Crippen molar-refractivity contribution >= 4 is 40.6 Å². The molecule has 2 heterocycles. The Morgan fingerprint density at radius 2 is 1.81 bits per heavy atom. The van der Waals surface area contributed by atoms with Crippen molar-refractivity contribution in [1.29, 1.82) is 0 Å². The van der Waals surface area contributed by atoms with Gasteiger partial charge in [-0.15, -0.1) is 10.2 Å². The molecule has 156 valence electrons. The molecule has 4 aromatic rings. The predicted octanol–water partition coefficient (Wildman–Crippen LogP) is 4.16.